The van der Waals surface area contributed by atoms with Gasteiger partial charge in [0.05, 0.1) is 5.52 Å². The number of para-hydroxylation sites is 1. The molecule has 0 bridgehead atoms. The first-order valence-corrected chi connectivity index (χ1v) is 5.96. The van der Waals surface area contributed by atoms with Crippen molar-refractivity contribution in [1.29, 1.82) is 0 Å². The van der Waals surface area contributed by atoms with E-state index in [1.807, 2.05) is 36.6 Å². The Hall–Kier alpha value is -1.48. The van der Waals surface area contributed by atoms with E-state index in [1.165, 1.54) is 0 Å². The van der Waals surface area contributed by atoms with Crippen LogP contribution in [0.25, 0.3) is 10.9 Å². The van der Waals surface area contributed by atoms with Crippen LogP contribution in [0.5, 0.6) is 0 Å². The maximum atomic E-state index is 11.3. The highest BCUT2D eigenvalue weighted by Crippen LogP contribution is 2.32. The summed E-state index contributed by atoms with van der Waals surface area (Å²) >= 11 is 6.18. The van der Waals surface area contributed by atoms with Crippen LogP contribution in [0.2, 0.25) is 5.15 Å². The number of hydrogen-bond donors (Lipinski definition) is 1. The van der Waals surface area contributed by atoms with Crippen molar-refractivity contribution in [2.45, 2.75) is 26.8 Å². The van der Waals surface area contributed by atoms with Crippen molar-refractivity contribution in [3.05, 3.63) is 34.5 Å². The third kappa shape index (κ3) is 1.80. The maximum absolute atomic E-state index is 11.3. The summed E-state index contributed by atoms with van der Waals surface area (Å²) < 4.78 is 1.88. The van der Waals surface area contributed by atoms with Gasteiger partial charge in [-0.3, -0.25) is 0 Å². The summed E-state index contributed by atoms with van der Waals surface area (Å²) in [5.74, 6) is -0.972. The fourth-order valence-corrected chi connectivity index (χ4v) is 2.55. The van der Waals surface area contributed by atoms with E-state index in [9.17, 15) is 9.90 Å². The molecule has 0 aliphatic rings. The predicted octanol–water partition coefficient (Wildman–Crippen LogP) is 3.71. The van der Waals surface area contributed by atoms with Crippen LogP contribution in [0.15, 0.2) is 18.2 Å². The quantitative estimate of drug-likeness (QED) is 0.904. The predicted molar refractivity (Wildman–Crippen MR) is 68.9 cm³/mol. The van der Waals surface area contributed by atoms with E-state index in [0.29, 0.717) is 5.15 Å². The Bertz CT molecular complexity index is 587. The molecule has 0 amide bonds. The molecule has 0 spiro atoms. The first-order chi connectivity index (χ1) is 8.07. The number of nitrogens with zero attached hydrogens (tertiary/aromatic N) is 1. The standard InChI is InChI=1S/C13H14ClNO2/c1-3-7-15-11-8(2)5-4-6-9(11)10(12(15)14)13(16)17/h4-6H,3,7H2,1-2H3,(H,16,17). The molecule has 0 saturated carbocycles. The molecule has 1 N–H and O–H groups in total. The summed E-state index contributed by atoms with van der Waals surface area (Å²) in [6.07, 6.45) is 0.914. The molecular weight excluding hydrogens is 238 g/mol. The number of aromatic nitrogens is 1. The molecule has 0 radical (unpaired) electrons. The molecular formula is C13H14ClNO2. The lowest BCUT2D eigenvalue weighted by Crippen LogP contribution is -2.00. The molecule has 0 aliphatic carbocycles. The zero-order valence-electron chi connectivity index (χ0n) is 9.83. The minimum absolute atomic E-state index is 0.207. The van der Waals surface area contributed by atoms with Gasteiger partial charge in [-0.1, -0.05) is 36.7 Å². The number of rotatable bonds is 3. The maximum Gasteiger partial charge on any atom is 0.339 e. The number of fused-ring (bicyclic) bond motifs is 1. The van der Waals surface area contributed by atoms with E-state index in [-0.39, 0.29) is 5.56 Å². The van der Waals surface area contributed by atoms with Gasteiger partial charge < -0.3 is 9.67 Å². The minimum atomic E-state index is -0.972. The second kappa shape index (κ2) is 4.41. The Morgan fingerprint density at radius 1 is 1.47 bits per heavy atom. The molecule has 0 saturated heterocycles. The van der Waals surface area contributed by atoms with Crippen LogP contribution in [-0.4, -0.2) is 15.6 Å². The van der Waals surface area contributed by atoms with Gasteiger partial charge in [-0.25, -0.2) is 4.79 Å². The Balaban J connectivity index is 2.88. The summed E-state index contributed by atoms with van der Waals surface area (Å²) in [4.78, 5) is 11.3. The lowest BCUT2D eigenvalue weighted by Gasteiger charge is -2.06. The van der Waals surface area contributed by atoms with Gasteiger partial charge in [0.25, 0.3) is 0 Å². The van der Waals surface area contributed by atoms with Crippen molar-refractivity contribution >= 4 is 28.5 Å². The van der Waals surface area contributed by atoms with E-state index >= 15 is 0 Å². The zero-order valence-corrected chi connectivity index (χ0v) is 10.6. The normalized spacial score (nSPS) is 11.0. The number of aryl methyl sites for hydroxylation is 2. The molecule has 0 aliphatic heterocycles. The average Bonchev–Trinajstić information content (AvgIpc) is 2.54. The van der Waals surface area contributed by atoms with Gasteiger partial charge in [0.2, 0.25) is 0 Å². The van der Waals surface area contributed by atoms with E-state index < -0.39 is 5.97 Å². The first-order valence-electron chi connectivity index (χ1n) is 5.58. The number of carboxylic acids is 1. The van der Waals surface area contributed by atoms with Gasteiger partial charge in [0, 0.05) is 11.9 Å². The molecule has 1 heterocycles. The molecule has 2 aromatic rings. The summed E-state index contributed by atoms with van der Waals surface area (Å²) in [5, 5.41) is 10.3. The highest BCUT2D eigenvalue weighted by molar-refractivity contribution is 6.35. The lowest BCUT2D eigenvalue weighted by atomic mass is 10.1. The van der Waals surface area contributed by atoms with Crippen molar-refractivity contribution in [3.8, 4) is 0 Å². The molecule has 0 unspecified atom stereocenters. The summed E-state index contributed by atoms with van der Waals surface area (Å²) in [7, 11) is 0. The fourth-order valence-electron chi connectivity index (χ4n) is 2.20. The SMILES string of the molecule is CCCn1c(Cl)c(C(=O)O)c2cccc(C)c21. The molecule has 3 nitrogen and oxygen atoms in total. The summed E-state index contributed by atoms with van der Waals surface area (Å²) in [6.45, 7) is 4.74. The minimum Gasteiger partial charge on any atom is -0.478 e. The second-order valence-electron chi connectivity index (χ2n) is 4.09. The number of carbonyl (C=O) groups is 1. The third-order valence-electron chi connectivity index (χ3n) is 2.88. The van der Waals surface area contributed by atoms with Crippen molar-refractivity contribution < 1.29 is 9.90 Å². The number of aromatic carboxylic acids is 1. The van der Waals surface area contributed by atoms with Gasteiger partial charge in [0.15, 0.2) is 0 Å². The van der Waals surface area contributed by atoms with Crippen LogP contribution in [0, 0.1) is 6.92 Å². The topological polar surface area (TPSA) is 42.2 Å². The van der Waals surface area contributed by atoms with Crippen molar-refractivity contribution in [3.63, 3.8) is 0 Å². The summed E-state index contributed by atoms with van der Waals surface area (Å²) in [5.41, 5.74) is 2.18. The zero-order chi connectivity index (χ0) is 12.6. The van der Waals surface area contributed by atoms with Crippen LogP contribution in [-0.2, 0) is 6.54 Å². The van der Waals surface area contributed by atoms with Crippen molar-refractivity contribution in [2.75, 3.05) is 0 Å². The van der Waals surface area contributed by atoms with Gasteiger partial charge in [-0.15, -0.1) is 0 Å². The molecule has 0 fully saturated rings. The Labute approximate surface area is 105 Å². The van der Waals surface area contributed by atoms with Crippen LogP contribution < -0.4 is 0 Å². The van der Waals surface area contributed by atoms with Gasteiger partial charge >= 0.3 is 5.97 Å². The molecule has 1 aromatic heterocycles. The number of hydrogen-bond acceptors (Lipinski definition) is 1. The Kier molecular flexibility index (Phi) is 3.11. The number of benzene rings is 1. The molecule has 2 rings (SSSR count). The van der Waals surface area contributed by atoms with E-state index in [1.54, 1.807) is 0 Å². The fraction of sp³-hybridized carbons (Fsp3) is 0.308. The van der Waals surface area contributed by atoms with E-state index in [2.05, 4.69) is 0 Å². The van der Waals surface area contributed by atoms with Crippen molar-refractivity contribution in [1.82, 2.24) is 4.57 Å². The first kappa shape index (κ1) is 12.0. The monoisotopic (exact) mass is 251 g/mol. The van der Waals surface area contributed by atoms with Crippen LogP contribution in [0.3, 0.4) is 0 Å². The average molecular weight is 252 g/mol. The highest BCUT2D eigenvalue weighted by Gasteiger charge is 2.21. The molecule has 1 aromatic carbocycles. The Morgan fingerprint density at radius 3 is 2.76 bits per heavy atom. The van der Waals surface area contributed by atoms with E-state index in [0.717, 1.165) is 29.4 Å². The van der Waals surface area contributed by atoms with Crippen LogP contribution in [0.4, 0.5) is 0 Å². The largest absolute Gasteiger partial charge is 0.478 e. The molecule has 4 heteroatoms. The molecule has 0 atom stereocenters. The number of halogens is 1. The van der Waals surface area contributed by atoms with Gasteiger partial charge in [0.1, 0.15) is 10.7 Å². The van der Waals surface area contributed by atoms with E-state index in [4.69, 9.17) is 11.6 Å². The van der Waals surface area contributed by atoms with Crippen LogP contribution in [0.1, 0.15) is 29.3 Å². The highest BCUT2D eigenvalue weighted by atomic mass is 35.5. The van der Waals surface area contributed by atoms with Crippen molar-refractivity contribution in [2.24, 2.45) is 0 Å². The van der Waals surface area contributed by atoms with Crippen LogP contribution >= 0.6 is 11.6 Å². The smallest absolute Gasteiger partial charge is 0.339 e. The second-order valence-corrected chi connectivity index (χ2v) is 4.45. The Morgan fingerprint density at radius 2 is 2.18 bits per heavy atom. The van der Waals surface area contributed by atoms with Gasteiger partial charge in [-0.2, -0.15) is 0 Å². The molecule has 90 valence electrons. The number of carboxylic acid groups (broad SMARTS) is 1. The summed E-state index contributed by atoms with van der Waals surface area (Å²) in [6, 6.07) is 5.64. The lowest BCUT2D eigenvalue weighted by molar-refractivity contribution is 0.0699. The third-order valence-corrected chi connectivity index (χ3v) is 3.27. The van der Waals surface area contributed by atoms with Gasteiger partial charge in [-0.05, 0) is 18.9 Å². The molecule has 17 heavy (non-hydrogen) atoms.